The number of pyridine rings is 1. The highest BCUT2D eigenvalue weighted by Gasteiger charge is 2.46. The SMILES string of the molecule is CC1(NS(=O)(=O)c2cc(N3CC4(CCNC4)C3)c3cnc(-c4nnc(C(F)F)s4)n3c2)CC1. The van der Waals surface area contributed by atoms with Crippen LogP contribution >= 0.6 is 11.3 Å². The number of hydrogen-bond donors (Lipinski definition) is 2. The van der Waals surface area contributed by atoms with Crippen molar-refractivity contribution in [2.75, 3.05) is 31.1 Å². The average Bonchev–Trinajstić information content (AvgIpc) is 3.22. The van der Waals surface area contributed by atoms with E-state index < -0.39 is 27.0 Å². The molecule has 1 spiro atoms. The Hall–Kier alpha value is -2.22. The first-order chi connectivity index (χ1) is 15.7. The van der Waals surface area contributed by atoms with Gasteiger partial charge < -0.3 is 10.2 Å². The predicted octanol–water partition coefficient (Wildman–Crippen LogP) is 2.42. The van der Waals surface area contributed by atoms with Crippen LogP contribution in [0.1, 0.15) is 37.6 Å². The second kappa shape index (κ2) is 7.14. The lowest BCUT2D eigenvalue weighted by Gasteiger charge is -2.49. The fraction of sp³-hybridized carbons (Fsp3) is 0.550. The Morgan fingerprint density at radius 1 is 1.24 bits per heavy atom. The van der Waals surface area contributed by atoms with E-state index >= 15 is 0 Å². The molecule has 2 saturated heterocycles. The van der Waals surface area contributed by atoms with E-state index in [0.29, 0.717) is 11.3 Å². The minimum atomic E-state index is -3.79. The molecule has 3 aromatic rings. The van der Waals surface area contributed by atoms with Crippen LogP contribution in [-0.2, 0) is 10.0 Å². The number of halogens is 2. The van der Waals surface area contributed by atoms with Gasteiger partial charge in [0.25, 0.3) is 6.43 Å². The van der Waals surface area contributed by atoms with Gasteiger partial charge in [0.15, 0.2) is 15.8 Å². The Kier molecular flexibility index (Phi) is 4.61. The summed E-state index contributed by atoms with van der Waals surface area (Å²) in [6.07, 6.45) is 3.07. The first-order valence-corrected chi connectivity index (χ1v) is 13.1. The summed E-state index contributed by atoms with van der Waals surface area (Å²) in [6, 6.07) is 1.69. The molecule has 2 aliphatic heterocycles. The van der Waals surface area contributed by atoms with Crippen molar-refractivity contribution in [3.8, 4) is 10.8 Å². The van der Waals surface area contributed by atoms with Crippen LogP contribution in [0.25, 0.3) is 16.3 Å². The second-order valence-corrected chi connectivity index (χ2v) is 12.3. The van der Waals surface area contributed by atoms with E-state index in [1.165, 1.54) is 6.20 Å². The fourth-order valence-corrected chi connectivity index (χ4v) is 6.87. The van der Waals surface area contributed by atoms with Gasteiger partial charge in [0.2, 0.25) is 10.0 Å². The van der Waals surface area contributed by atoms with Gasteiger partial charge in [-0.2, -0.15) is 0 Å². The first-order valence-electron chi connectivity index (χ1n) is 10.8. The largest absolute Gasteiger partial charge is 0.368 e. The van der Waals surface area contributed by atoms with Gasteiger partial charge in [-0.05, 0) is 38.8 Å². The first kappa shape index (κ1) is 21.3. The lowest BCUT2D eigenvalue weighted by molar-refractivity contribution is 0.150. The van der Waals surface area contributed by atoms with Gasteiger partial charge in [0.1, 0.15) is 4.90 Å². The third-order valence-corrected chi connectivity index (χ3v) is 9.36. The minimum Gasteiger partial charge on any atom is -0.368 e. The number of anilines is 1. The van der Waals surface area contributed by atoms with Crippen molar-refractivity contribution >= 4 is 32.6 Å². The molecule has 1 saturated carbocycles. The molecule has 3 aromatic heterocycles. The van der Waals surface area contributed by atoms with E-state index in [0.717, 1.165) is 62.5 Å². The Bertz CT molecular complexity index is 1340. The summed E-state index contributed by atoms with van der Waals surface area (Å²) in [5.74, 6) is 0.295. The molecule has 9 nitrogen and oxygen atoms in total. The van der Waals surface area contributed by atoms with Crippen LogP contribution in [0, 0.1) is 5.41 Å². The van der Waals surface area contributed by atoms with Crippen LogP contribution < -0.4 is 14.9 Å². The molecule has 0 unspecified atom stereocenters. The van der Waals surface area contributed by atoms with Gasteiger partial charge in [-0.3, -0.25) is 4.40 Å². The zero-order valence-corrected chi connectivity index (χ0v) is 19.5. The van der Waals surface area contributed by atoms with Crippen molar-refractivity contribution in [2.24, 2.45) is 5.41 Å². The Morgan fingerprint density at radius 3 is 2.67 bits per heavy atom. The zero-order valence-electron chi connectivity index (χ0n) is 17.9. The van der Waals surface area contributed by atoms with Crippen molar-refractivity contribution in [3.05, 3.63) is 23.5 Å². The number of fused-ring (bicyclic) bond motifs is 1. The number of hydrogen-bond acceptors (Lipinski definition) is 8. The van der Waals surface area contributed by atoms with Crippen molar-refractivity contribution in [1.82, 2.24) is 29.6 Å². The minimum absolute atomic E-state index is 0.112. The lowest BCUT2D eigenvalue weighted by atomic mass is 9.79. The number of sulfonamides is 1. The molecule has 6 rings (SSSR count). The summed E-state index contributed by atoms with van der Waals surface area (Å²) in [5.41, 5.74) is 1.25. The molecule has 0 amide bonds. The maximum Gasteiger partial charge on any atom is 0.291 e. The van der Waals surface area contributed by atoms with Gasteiger partial charge in [-0.25, -0.2) is 26.9 Å². The molecule has 0 bridgehead atoms. The monoisotopic (exact) mass is 495 g/mol. The van der Waals surface area contributed by atoms with E-state index in [4.69, 9.17) is 0 Å². The highest BCUT2D eigenvalue weighted by Crippen LogP contribution is 2.42. The van der Waals surface area contributed by atoms with Gasteiger partial charge in [0, 0.05) is 36.8 Å². The molecule has 2 N–H and O–H groups in total. The zero-order chi connectivity index (χ0) is 23.0. The molecule has 1 aliphatic carbocycles. The molecule has 176 valence electrons. The van der Waals surface area contributed by atoms with E-state index in [-0.39, 0.29) is 15.3 Å². The van der Waals surface area contributed by atoms with Crippen LogP contribution in [0.3, 0.4) is 0 Å². The third kappa shape index (κ3) is 3.61. The molecule has 5 heterocycles. The van der Waals surface area contributed by atoms with Crippen LogP contribution in [0.15, 0.2) is 23.4 Å². The van der Waals surface area contributed by atoms with Crippen molar-refractivity contribution in [2.45, 2.75) is 43.0 Å². The number of imidazole rings is 1. The van der Waals surface area contributed by atoms with Crippen LogP contribution in [-0.4, -0.2) is 59.7 Å². The van der Waals surface area contributed by atoms with Crippen molar-refractivity contribution < 1.29 is 17.2 Å². The van der Waals surface area contributed by atoms with E-state index in [9.17, 15) is 17.2 Å². The molecule has 33 heavy (non-hydrogen) atoms. The predicted molar refractivity (Wildman–Crippen MR) is 119 cm³/mol. The Labute approximate surface area is 193 Å². The Balaban J connectivity index is 1.46. The van der Waals surface area contributed by atoms with Gasteiger partial charge in [0.05, 0.1) is 17.4 Å². The number of nitrogens with zero attached hydrogens (tertiary/aromatic N) is 5. The highest BCUT2D eigenvalue weighted by molar-refractivity contribution is 7.89. The molecule has 0 aromatic carbocycles. The van der Waals surface area contributed by atoms with E-state index in [1.807, 2.05) is 6.92 Å². The number of alkyl halides is 2. The van der Waals surface area contributed by atoms with Crippen molar-refractivity contribution in [3.63, 3.8) is 0 Å². The summed E-state index contributed by atoms with van der Waals surface area (Å²) in [7, 11) is -3.79. The topological polar surface area (TPSA) is 105 Å². The second-order valence-electron chi connectivity index (χ2n) is 9.59. The molecular weight excluding hydrogens is 472 g/mol. The molecule has 3 fully saturated rings. The molecule has 0 atom stereocenters. The quantitative estimate of drug-likeness (QED) is 0.541. The molecule has 13 heteroatoms. The molecule has 3 aliphatic rings. The summed E-state index contributed by atoms with van der Waals surface area (Å²) in [6.45, 7) is 5.45. The number of aromatic nitrogens is 4. The average molecular weight is 496 g/mol. The van der Waals surface area contributed by atoms with Gasteiger partial charge in [-0.15, -0.1) is 10.2 Å². The number of nitrogens with one attached hydrogen (secondary N) is 2. The summed E-state index contributed by atoms with van der Waals surface area (Å²) >= 11 is 0.754. The smallest absolute Gasteiger partial charge is 0.291 e. The van der Waals surface area contributed by atoms with Gasteiger partial charge >= 0.3 is 0 Å². The standard InChI is InChI=1S/C20H23F2N7O2S2/c1-19(2-3-19)27-33(30,31)12-6-13(28-10-20(11-28)4-5-23-9-20)14-7-24-16(29(14)8-12)18-26-25-17(32-18)15(21)22/h6-8,15,23,27H,2-5,9-11H2,1H3. The fourth-order valence-electron chi connectivity index (χ4n) is 4.70. The van der Waals surface area contributed by atoms with E-state index in [1.54, 1.807) is 16.7 Å². The third-order valence-electron chi connectivity index (χ3n) is 6.83. The highest BCUT2D eigenvalue weighted by atomic mass is 32.2. The summed E-state index contributed by atoms with van der Waals surface area (Å²) in [5, 5.41) is 10.7. The van der Waals surface area contributed by atoms with E-state index in [2.05, 4.69) is 30.1 Å². The number of rotatable bonds is 6. The summed E-state index contributed by atoms with van der Waals surface area (Å²) < 4.78 is 57.0. The van der Waals surface area contributed by atoms with Crippen LogP contribution in [0.4, 0.5) is 14.5 Å². The molecular formula is C20H23F2N7O2S2. The maximum absolute atomic E-state index is 13.2. The van der Waals surface area contributed by atoms with Crippen LogP contribution in [0.5, 0.6) is 0 Å². The normalized spacial score (nSPS) is 21.3. The van der Waals surface area contributed by atoms with Crippen molar-refractivity contribution in [1.29, 1.82) is 0 Å². The maximum atomic E-state index is 13.2. The lowest BCUT2D eigenvalue weighted by Crippen LogP contribution is -2.57. The summed E-state index contributed by atoms with van der Waals surface area (Å²) in [4.78, 5) is 6.69. The molecule has 0 radical (unpaired) electrons. The van der Waals surface area contributed by atoms with Crippen LogP contribution in [0.2, 0.25) is 0 Å². The van der Waals surface area contributed by atoms with Gasteiger partial charge in [-0.1, -0.05) is 11.3 Å². The Morgan fingerprint density at radius 2 is 2.03 bits per heavy atom.